The van der Waals surface area contributed by atoms with Crippen LogP contribution in [0.3, 0.4) is 0 Å². The van der Waals surface area contributed by atoms with E-state index in [0.717, 1.165) is 5.56 Å². The van der Waals surface area contributed by atoms with E-state index in [2.05, 4.69) is 5.32 Å². The Labute approximate surface area is 98.2 Å². The molecule has 2 rings (SSSR count). The average molecular weight is 239 g/mol. The fourth-order valence-corrected chi connectivity index (χ4v) is 1.73. The van der Waals surface area contributed by atoms with Gasteiger partial charge in [0.05, 0.1) is 0 Å². The van der Waals surface area contributed by atoms with Crippen molar-refractivity contribution in [2.24, 2.45) is 0 Å². The number of nitrogens with zero attached hydrogens (tertiary/aromatic N) is 1. The fourth-order valence-electron chi connectivity index (χ4n) is 1.56. The summed E-state index contributed by atoms with van der Waals surface area (Å²) in [5.74, 6) is -0.237. The second kappa shape index (κ2) is 4.14. The highest BCUT2D eigenvalue weighted by Gasteiger charge is 2.24. The van der Waals surface area contributed by atoms with Gasteiger partial charge in [-0.15, -0.1) is 0 Å². The molecule has 4 nitrogen and oxygen atoms in total. The molecule has 5 heteroatoms. The monoisotopic (exact) mass is 238 g/mol. The number of halogens is 1. The molecule has 0 bridgehead atoms. The Kier molecular flexibility index (Phi) is 2.83. The van der Waals surface area contributed by atoms with Gasteiger partial charge in [-0.05, 0) is 24.6 Å². The topological polar surface area (TPSA) is 49.4 Å². The van der Waals surface area contributed by atoms with Gasteiger partial charge in [-0.25, -0.2) is 4.79 Å². The molecule has 1 aromatic carbocycles. The van der Waals surface area contributed by atoms with Crippen LogP contribution < -0.4 is 10.2 Å². The third-order valence-corrected chi connectivity index (χ3v) is 2.93. The number of amides is 3. The van der Waals surface area contributed by atoms with Gasteiger partial charge in [0.15, 0.2) is 0 Å². The molecule has 0 atom stereocenters. The first-order valence-electron chi connectivity index (χ1n) is 4.95. The van der Waals surface area contributed by atoms with Crippen molar-refractivity contribution in [2.45, 2.75) is 13.3 Å². The molecular weight excluding hydrogens is 228 g/mol. The van der Waals surface area contributed by atoms with Gasteiger partial charge in [-0.3, -0.25) is 15.0 Å². The number of rotatable bonds is 1. The van der Waals surface area contributed by atoms with Crippen LogP contribution in [0, 0.1) is 6.92 Å². The molecule has 1 saturated heterocycles. The average Bonchev–Trinajstić information content (AvgIpc) is 2.22. The molecular formula is C11H11ClN2O2. The Bertz CT molecular complexity index is 459. The van der Waals surface area contributed by atoms with Crippen molar-refractivity contribution >= 4 is 29.2 Å². The Morgan fingerprint density at radius 2 is 2.12 bits per heavy atom. The van der Waals surface area contributed by atoms with Gasteiger partial charge >= 0.3 is 6.03 Å². The summed E-state index contributed by atoms with van der Waals surface area (Å²) < 4.78 is 0. The third kappa shape index (κ3) is 2.02. The van der Waals surface area contributed by atoms with Crippen LogP contribution in [0.5, 0.6) is 0 Å². The zero-order valence-corrected chi connectivity index (χ0v) is 9.54. The van der Waals surface area contributed by atoms with Gasteiger partial charge in [-0.2, -0.15) is 0 Å². The van der Waals surface area contributed by atoms with Crippen LogP contribution in [0.2, 0.25) is 5.02 Å². The normalized spacial score (nSPS) is 16.2. The smallest absolute Gasteiger partial charge is 0.294 e. The van der Waals surface area contributed by atoms with E-state index in [1.54, 1.807) is 6.07 Å². The lowest BCUT2D eigenvalue weighted by molar-refractivity contribution is -0.120. The minimum absolute atomic E-state index is 0.237. The summed E-state index contributed by atoms with van der Waals surface area (Å²) in [5.41, 5.74) is 1.67. The minimum Gasteiger partial charge on any atom is -0.294 e. The van der Waals surface area contributed by atoms with Gasteiger partial charge in [-0.1, -0.05) is 17.7 Å². The number of hydrogen-bond donors (Lipinski definition) is 1. The quantitative estimate of drug-likeness (QED) is 0.815. The van der Waals surface area contributed by atoms with Crippen LogP contribution >= 0.6 is 11.6 Å². The van der Waals surface area contributed by atoms with E-state index in [1.165, 1.54) is 4.90 Å². The number of aryl methyl sites for hydroxylation is 1. The number of nitrogens with one attached hydrogen (secondary N) is 1. The second-order valence-electron chi connectivity index (χ2n) is 3.69. The van der Waals surface area contributed by atoms with Crippen molar-refractivity contribution in [3.8, 4) is 0 Å². The molecule has 1 heterocycles. The lowest BCUT2D eigenvalue weighted by atomic mass is 10.2. The molecule has 0 aromatic heterocycles. The predicted octanol–water partition coefficient (Wildman–Crippen LogP) is 2.09. The van der Waals surface area contributed by atoms with Crippen LogP contribution in [0.4, 0.5) is 10.5 Å². The SMILES string of the molecule is Cc1ccc(N2CCC(=O)NC2=O)cc1Cl. The summed E-state index contributed by atoms with van der Waals surface area (Å²) in [6.07, 6.45) is 0.317. The number of hydrogen-bond acceptors (Lipinski definition) is 2. The number of carbonyl (C=O) groups excluding carboxylic acids is 2. The molecule has 0 saturated carbocycles. The fraction of sp³-hybridized carbons (Fsp3) is 0.273. The van der Waals surface area contributed by atoms with Gasteiger partial charge < -0.3 is 0 Å². The van der Waals surface area contributed by atoms with E-state index < -0.39 is 6.03 Å². The second-order valence-corrected chi connectivity index (χ2v) is 4.10. The Hall–Kier alpha value is -1.55. The minimum atomic E-state index is -0.392. The lowest BCUT2D eigenvalue weighted by Gasteiger charge is -2.26. The van der Waals surface area contributed by atoms with Crippen molar-refractivity contribution < 1.29 is 9.59 Å². The maximum Gasteiger partial charge on any atom is 0.328 e. The molecule has 0 unspecified atom stereocenters. The van der Waals surface area contributed by atoms with E-state index in [-0.39, 0.29) is 5.91 Å². The highest BCUT2D eigenvalue weighted by Crippen LogP contribution is 2.24. The summed E-state index contributed by atoms with van der Waals surface area (Å²) in [6, 6.07) is 5.00. The standard InChI is InChI=1S/C11H11ClN2O2/c1-7-2-3-8(6-9(7)12)14-5-4-10(15)13-11(14)16/h2-3,6H,4-5H2,1H3,(H,13,15,16). The molecule has 0 aliphatic carbocycles. The molecule has 1 aliphatic heterocycles. The third-order valence-electron chi connectivity index (χ3n) is 2.52. The van der Waals surface area contributed by atoms with E-state index in [1.807, 2.05) is 19.1 Å². The Morgan fingerprint density at radius 1 is 1.38 bits per heavy atom. The van der Waals surface area contributed by atoms with Crippen molar-refractivity contribution in [1.29, 1.82) is 0 Å². The van der Waals surface area contributed by atoms with Crippen LogP contribution in [0.25, 0.3) is 0 Å². The largest absolute Gasteiger partial charge is 0.328 e. The highest BCUT2D eigenvalue weighted by molar-refractivity contribution is 6.31. The summed E-state index contributed by atoms with van der Waals surface area (Å²) in [6.45, 7) is 2.29. The maximum absolute atomic E-state index is 11.6. The molecule has 3 amide bonds. The van der Waals surface area contributed by atoms with Crippen LogP contribution in [0.1, 0.15) is 12.0 Å². The van der Waals surface area contributed by atoms with Gasteiger partial charge in [0.1, 0.15) is 0 Å². The van der Waals surface area contributed by atoms with Gasteiger partial charge in [0, 0.05) is 23.7 Å². The Morgan fingerprint density at radius 3 is 2.75 bits per heavy atom. The van der Waals surface area contributed by atoms with Crippen molar-refractivity contribution in [3.05, 3.63) is 28.8 Å². The van der Waals surface area contributed by atoms with Crippen molar-refractivity contribution in [1.82, 2.24) is 5.32 Å². The Balaban J connectivity index is 2.27. The first-order chi connectivity index (χ1) is 7.58. The van der Waals surface area contributed by atoms with Crippen LogP contribution in [-0.2, 0) is 4.79 Å². The van der Waals surface area contributed by atoms with E-state index >= 15 is 0 Å². The number of imide groups is 1. The summed E-state index contributed by atoms with van der Waals surface area (Å²) in [4.78, 5) is 24.0. The maximum atomic E-state index is 11.6. The highest BCUT2D eigenvalue weighted by atomic mass is 35.5. The van der Waals surface area contributed by atoms with E-state index in [0.29, 0.717) is 23.7 Å². The molecule has 0 spiro atoms. The number of benzene rings is 1. The number of anilines is 1. The molecule has 84 valence electrons. The molecule has 16 heavy (non-hydrogen) atoms. The van der Waals surface area contributed by atoms with Crippen molar-refractivity contribution in [2.75, 3.05) is 11.4 Å². The van der Waals surface area contributed by atoms with Crippen LogP contribution in [-0.4, -0.2) is 18.5 Å². The number of carbonyl (C=O) groups is 2. The van der Waals surface area contributed by atoms with Gasteiger partial charge in [0.2, 0.25) is 5.91 Å². The summed E-state index contributed by atoms with van der Waals surface area (Å²) in [5, 5.41) is 2.88. The molecule has 1 aliphatic rings. The molecule has 1 aromatic rings. The molecule has 1 fully saturated rings. The van der Waals surface area contributed by atoms with Crippen molar-refractivity contribution in [3.63, 3.8) is 0 Å². The van der Waals surface area contributed by atoms with Crippen LogP contribution in [0.15, 0.2) is 18.2 Å². The zero-order valence-electron chi connectivity index (χ0n) is 8.79. The zero-order chi connectivity index (χ0) is 11.7. The summed E-state index contributed by atoms with van der Waals surface area (Å²) in [7, 11) is 0. The summed E-state index contributed by atoms with van der Waals surface area (Å²) >= 11 is 5.98. The lowest BCUT2D eigenvalue weighted by Crippen LogP contribution is -2.49. The van der Waals surface area contributed by atoms with Gasteiger partial charge in [0.25, 0.3) is 0 Å². The number of urea groups is 1. The first kappa shape index (κ1) is 11.0. The molecule has 0 radical (unpaired) electrons. The molecule has 1 N–H and O–H groups in total. The van der Waals surface area contributed by atoms with E-state index in [4.69, 9.17) is 11.6 Å². The first-order valence-corrected chi connectivity index (χ1v) is 5.33. The predicted molar refractivity (Wildman–Crippen MR) is 61.7 cm³/mol. The van der Waals surface area contributed by atoms with E-state index in [9.17, 15) is 9.59 Å².